The normalized spacial score (nSPS) is 9.78. The maximum atomic E-state index is 9.01. The Morgan fingerprint density at radius 2 is 2.22 bits per heavy atom. The van der Waals surface area contributed by atoms with Crippen LogP contribution in [0, 0.1) is 18.3 Å². The number of nitrogens with one attached hydrogen (secondary N) is 1. The van der Waals surface area contributed by atoms with Crippen molar-refractivity contribution in [3.8, 4) is 6.07 Å². The van der Waals surface area contributed by atoms with Crippen LogP contribution in [0.1, 0.15) is 17.1 Å². The lowest BCUT2D eigenvalue weighted by atomic mass is 10.1. The third-order valence-electron chi connectivity index (χ3n) is 2.46. The molecule has 0 atom stereocenters. The highest BCUT2D eigenvalue weighted by atomic mass is 14.9. The van der Waals surface area contributed by atoms with Gasteiger partial charge in [0.15, 0.2) is 0 Å². The number of nitrogens with two attached hydrogens (primary N) is 1. The zero-order valence-electron chi connectivity index (χ0n) is 10.0. The summed E-state index contributed by atoms with van der Waals surface area (Å²) in [6.45, 7) is 2.38. The molecule has 1 aromatic carbocycles. The topological polar surface area (TPSA) is 87.6 Å². The predicted octanol–water partition coefficient (Wildman–Crippen LogP) is 1.85. The van der Waals surface area contributed by atoms with Gasteiger partial charge in [-0.15, -0.1) is 0 Å². The van der Waals surface area contributed by atoms with Crippen molar-refractivity contribution in [2.24, 2.45) is 0 Å². The molecule has 0 amide bonds. The minimum Gasteiger partial charge on any atom is -0.399 e. The number of nitrogen functional groups attached to an aromatic ring is 1. The van der Waals surface area contributed by atoms with Crippen molar-refractivity contribution in [1.82, 2.24) is 9.97 Å². The second-order valence-corrected chi connectivity index (χ2v) is 3.87. The SMILES string of the molecule is Cc1nccc(CNc2ccc(N)cc2C#N)n1. The fourth-order valence-corrected chi connectivity index (χ4v) is 1.60. The van der Waals surface area contributed by atoms with Gasteiger partial charge in [0.05, 0.1) is 23.5 Å². The molecule has 1 heterocycles. The van der Waals surface area contributed by atoms with Gasteiger partial charge in [0.1, 0.15) is 11.9 Å². The summed E-state index contributed by atoms with van der Waals surface area (Å²) in [6.07, 6.45) is 1.72. The Morgan fingerprint density at radius 1 is 1.39 bits per heavy atom. The molecule has 0 aliphatic rings. The number of anilines is 2. The average Bonchev–Trinajstić information content (AvgIpc) is 2.37. The molecule has 0 unspecified atom stereocenters. The van der Waals surface area contributed by atoms with E-state index in [2.05, 4.69) is 21.4 Å². The molecule has 3 N–H and O–H groups in total. The van der Waals surface area contributed by atoms with E-state index in [1.165, 1.54) is 0 Å². The van der Waals surface area contributed by atoms with Crippen molar-refractivity contribution in [2.45, 2.75) is 13.5 Å². The van der Waals surface area contributed by atoms with Crippen LogP contribution >= 0.6 is 0 Å². The van der Waals surface area contributed by atoms with E-state index in [0.717, 1.165) is 17.2 Å². The van der Waals surface area contributed by atoms with E-state index in [4.69, 9.17) is 11.0 Å². The van der Waals surface area contributed by atoms with Crippen molar-refractivity contribution in [3.05, 3.63) is 47.5 Å². The van der Waals surface area contributed by atoms with Crippen molar-refractivity contribution < 1.29 is 0 Å². The Balaban J connectivity index is 2.14. The molecule has 18 heavy (non-hydrogen) atoms. The van der Waals surface area contributed by atoms with E-state index in [0.29, 0.717) is 17.8 Å². The van der Waals surface area contributed by atoms with E-state index >= 15 is 0 Å². The lowest BCUT2D eigenvalue weighted by Gasteiger charge is -2.08. The van der Waals surface area contributed by atoms with Crippen LogP contribution in [0.25, 0.3) is 0 Å². The van der Waals surface area contributed by atoms with Crippen molar-refractivity contribution >= 4 is 11.4 Å². The van der Waals surface area contributed by atoms with Gasteiger partial charge in [-0.3, -0.25) is 0 Å². The van der Waals surface area contributed by atoms with Crippen LogP contribution in [-0.4, -0.2) is 9.97 Å². The van der Waals surface area contributed by atoms with Gasteiger partial charge < -0.3 is 11.1 Å². The second-order valence-electron chi connectivity index (χ2n) is 3.87. The van der Waals surface area contributed by atoms with Crippen molar-refractivity contribution in [1.29, 1.82) is 5.26 Å². The van der Waals surface area contributed by atoms with Gasteiger partial charge in [-0.25, -0.2) is 9.97 Å². The molecule has 0 saturated carbocycles. The third kappa shape index (κ3) is 2.74. The summed E-state index contributed by atoms with van der Waals surface area (Å²) in [6, 6.07) is 9.14. The van der Waals surface area contributed by atoms with Crippen LogP contribution in [-0.2, 0) is 6.54 Å². The Hall–Kier alpha value is -2.61. The molecule has 0 aliphatic carbocycles. The largest absolute Gasteiger partial charge is 0.399 e. The summed E-state index contributed by atoms with van der Waals surface area (Å²) in [5, 5.41) is 12.2. The molecule has 0 bridgehead atoms. The number of aryl methyl sites for hydroxylation is 1. The molecule has 0 radical (unpaired) electrons. The molecule has 0 fully saturated rings. The molecule has 2 aromatic rings. The summed E-state index contributed by atoms with van der Waals surface area (Å²) in [5.41, 5.74) is 8.37. The lowest BCUT2D eigenvalue weighted by Crippen LogP contribution is -2.04. The summed E-state index contributed by atoms with van der Waals surface area (Å²) in [7, 11) is 0. The van der Waals surface area contributed by atoms with Crippen LogP contribution < -0.4 is 11.1 Å². The highest BCUT2D eigenvalue weighted by Gasteiger charge is 2.03. The molecule has 0 spiro atoms. The van der Waals surface area contributed by atoms with E-state index in [1.54, 1.807) is 24.4 Å². The first-order valence-corrected chi connectivity index (χ1v) is 5.51. The minimum absolute atomic E-state index is 0.528. The Morgan fingerprint density at radius 3 is 2.94 bits per heavy atom. The molecule has 5 nitrogen and oxygen atoms in total. The van der Waals surface area contributed by atoms with Gasteiger partial charge in [0.2, 0.25) is 0 Å². The van der Waals surface area contributed by atoms with Crippen LogP contribution in [0.4, 0.5) is 11.4 Å². The minimum atomic E-state index is 0.528. The number of hydrogen-bond acceptors (Lipinski definition) is 5. The fraction of sp³-hybridized carbons (Fsp3) is 0.154. The maximum Gasteiger partial charge on any atom is 0.125 e. The van der Waals surface area contributed by atoms with Gasteiger partial charge in [0.25, 0.3) is 0 Å². The first kappa shape index (κ1) is 11.9. The number of hydrogen-bond donors (Lipinski definition) is 2. The quantitative estimate of drug-likeness (QED) is 0.798. The first-order chi connectivity index (χ1) is 8.69. The number of nitrogens with zero attached hydrogens (tertiary/aromatic N) is 3. The zero-order valence-corrected chi connectivity index (χ0v) is 10.0. The Labute approximate surface area is 105 Å². The second kappa shape index (κ2) is 5.15. The number of aromatic nitrogens is 2. The maximum absolute atomic E-state index is 9.01. The highest BCUT2D eigenvalue weighted by Crippen LogP contribution is 2.18. The zero-order chi connectivity index (χ0) is 13.0. The van der Waals surface area contributed by atoms with Crippen molar-refractivity contribution in [3.63, 3.8) is 0 Å². The highest BCUT2D eigenvalue weighted by molar-refractivity contribution is 5.62. The molecule has 5 heteroatoms. The summed E-state index contributed by atoms with van der Waals surface area (Å²) >= 11 is 0. The summed E-state index contributed by atoms with van der Waals surface area (Å²) in [4.78, 5) is 8.31. The van der Waals surface area contributed by atoms with Gasteiger partial charge in [-0.2, -0.15) is 5.26 Å². The Kier molecular flexibility index (Phi) is 3.39. The monoisotopic (exact) mass is 239 g/mol. The van der Waals surface area contributed by atoms with Crippen molar-refractivity contribution in [2.75, 3.05) is 11.1 Å². The van der Waals surface area contributed by atoms with Gasteiger partial charge in [-0.1, -0.05) is 0 Å². The molecular formula is C13H13N5. The molecule has 2 rings (SSSR count). The van der Waals surface area contributed by atoms with Crippen LogP contribution in [0.5, 0.6) is 0 Å². The van der Waals surface area contributed by atoms with E-state index < -0.39 is 0 Å². The van der Waals surface area contributed by atoms with E-state index in [1.807, 2.05) is 13.0 Å². The standard InChI is InChI=1S/C13H13N5/c1-9-16-5-4-12(18-9)8-17-13-3-2-11(15)6-10(13)7-14/h2-6,17H,8,15H2,1H3. The van der Waals surface area contributed by atoms with Gasteiger partial charge in [-0.05, 0) is 31.2 Å². The molecular weight excluding hydrogens is 226 g/mol. The average molecular weight is 239 g/mol. The predicted molar refractivity (Wildman–Crippen MR) is 69.7 cm³/mol. The molecule has 1 aromatic heterocycles. The number of benzene rings is 1. The summed E-state index contributed by atoms with van der Waals surface area (Å²) in [5.74, 6) is 0.729. The van der Waals surface area contributed by atoms with Gasteiger partial charge in [0, 0.05) is 11.9 Å². The van der Waals surface area contributed by atoms with Crippen LogP contribution in [0.2, 0.25) is 0 Å². The fourth-order valence-electron chi connectivity index (χ4n) is 1.60. The third-order valence-corrected chi connectivity index (χ3v) is 2.46. The Bertz CT molecular complexity index is 601. The van der Waals surface area contributed by atoms with E-state index in [-0.39, 0.29) is 0 Å². The van der Waals surface area contributed by atoms with E-state index in [9.17, 15) is 0 Å². The van der Waals surface area contributed by atoms with Gasteiger partial charge >= 0.3 is 0 Å². The first-order valence-electron chi connectivity index (χ1n) is 5.51. The number of nitriles is 1. The number of rotatable bonds is 3. The molecule has 90 valence electrons. The van der Waals surface area contributed by atoms with Crippen LogP contribution in [0.15, 0.2) is 30.5 Å². The smallest absolute Gasteiger partial charge is 0.125 e. The molecule has 0 aliphatic heterocycles. The summed E-state index contributed by atoms with van der Waals surface area (Å²) < 4.78 is 0. The van der Waals surface area contributed by atoms with Crippen LogP contribution in [0.3, 0.4) is 0 Å². The molecule has 0 saturated heterocycles. The lowest BCUT2D eigenvalue weighted by molar-refractivity contribution is 0.955.